The first-order valence-electron chi connectivity index (χ1n) is 7.32. The Morgan fingerprint density at radius 2 is 2.25 bits per heavy atom. The second kappa shape index (κ2) is 8.05. The summed E-state index contributed by atoms with van der Waals surface area (Å²) in [6.07, 6.45) is 2.42. The molecular formula is C13H25IN4OS. The average Bonchev–Trinajstić information content (AvgIpc) is 2.97. The van der Waals surface area contributed by atoms with Crippen molar-refractivity contribution in [3.8, 4) is 0 Å². The van der Waals surface area contributed by atoms with Crippen LogP contribution in [0.25, 0.3) is 0 Å². The lowest BCUT2D eigenvalue weighted by atomic mass is 9.95. The monoisotopic (exact) mass is 412 g/mol. The van der Waals surface area contributed by atoms with Crippen molar-refractivity contribution in [3.05, 3.63) is 0 Å². The molecule has 0 aromatic heterocycles. The van der Waals surface area contributed by atoms with Crippen molar-refractivity contribution in [3.63, 3.8) is 0 Å². The highest BCUT2D eigenvalue weighted by molar-refractivity contribution is 14.0. The molecule has 3 aliphatic heterocycles. The van der Waals surface area contributed by atoms with Crippen LogP contribution in [-0.4, -0.2) is 73.8 Å². The van der Waals surface area contributed by atoms with Crippen LogP contribution in [0.1, 0.15) is 12.8 Å². The van der Waals surface area contributed by atoms with Gasteiger partial charge in [0.1, 0.15) is 0 Å². The zero-order valence-electron chi connectivity index (χ0n) is 11.9. The SMILES string of the molecule is C1CN=C(NCC2(N3CCOCC3)CCSC2)NC1.I. The Hall–Kier alpha value is 0.270. The van der Waals surface area contributed by atoms with Crippen molar-refractivity contribution < 1.29 is 4.74 Å². The van der Waals surface area contributed by atoms with E-state index in [1.807, 2.05) is 0 Å². The van der Waals surface area contributed by atoms with Crippen LogP contribution in [0, 0.1) is 0 Å². The van der Waals surface area contributed by atoms with Crippen molar-refractivity contribution in [2.45, 2.75) is 18.4 Å². The van der Waals surface area contributed by atoms with E-state index in [0.717, 1.165) is 58.3 Å². The quantitative estimate of drug-likeness (QED) is 0.671. The molecule has 0 aromatic carbocycles. The molecule has 0 spiro atoms. The number of hydrogen-bond acceptors (Lipinski definition) is 6. The maximum absolute atomic E-state index is 5.49. The molecule has 0 radical (unpaired) electrons. The van der Waals surface area contributed by atoms with Crippen molar-refractivity contribution in [2.24, 2.45) is 4.99 Å². The van der Waals surface area contributed by atoms with Crippen LogP contribution in [0.15, 0.2) is 4.99 Å². The number of nitrogens with one attached hydrogen (secondary N) is 2. The number of hydrogen-bond donors (Lipinski definition) is 2. The number of thioether (sulfide) groups is 1. The van der Waals surface area contributed by atoms with Crippen LogP contribution in [0.4, 0.5) is 0 Å². The van der Waals surface area contributed by atoms with Gasteiger partial charge in [-0.1, -0.05) is 0 Å². The third kappa shape index (κ3) is 3.92. The van der Waals surface area contributed by atoms with Crippen LogP contribution in [0.5, 0.6) is 0 Å². The lowest BCUT2D eigenvalue weighted by Crippen LogP contribution is -2.60. The molecule has 2 N–H and O–H groups in total. The third-order valence-corrected chi connectivity index (χ3v) is 5.48. The lowest BCUT2D eigenvalue weighted by molar-refractivity contribution is -0.0120. The van der Waals surface area contributed by atoms with Crippen LogP contribution in [0.2, 0.25) is 0 Å². The smallest absolute Gasteiger partial charge is 0.191 e. The van der Waals surface area contributed by atoms with E-state index in [1.165, 1.54) is 17.9 Å². The average molecular weight is 412 g/mol. The molecule has 20 heavy (non-hydrogen) atoms. The molecule has 1 unspecified atom stereocenters. The third-order valence-electron chi connectivity index (χ3n) is 4.25. The second-order valence-corrected chi connectivity index (χ2v) is 6.60. The zero-order chi connectivity index (χ0) is 13.0. The van der Waals surface area contributed by atoms with E-state index in [9.17, 15) is 0 Å². The maximum atomic E-state index is 5.49. The van der Waals surface area contributed by atoms with Gasteiger partial charge in [0.05, 0.1) is 13.2 Å². The molecule has 1 atom stereocenters. The van der Waals surface area contributed by atoms with Gasteiger partial charge in [-0.05, 0) is 18.6 Å². The van der Waals surface area contributed by atoms with Gasteiger partial charge in [-0.2, -0.15) is 11.8 Å². The van der Waals surface area contributed by atoms with E-state index in [-0.39, 0.29) is 24.0 Å². The molecule has 2 fully saturated rings. The number of halogens is 1. The van der Waals surface area contributed by atoms with E-state index in [4.69, 9.17) is 4.74 Å². The van der Waals surface area contributed by atoms with Crippen molar-refractivity contribution in [1.29, 1.82) is 0 Å². The molecule has 0 aromatic rings. The number of nitrogens with zero attached hydrogens (tertiary/aromatic N) is 2. The number of aliphatic imine (C=N–C) groups is 1. The number of morpholine rings is 1. The summed E-state index contributed by atoms with van der Waals surface area (Å²) in [4.78, 5) is 7.14. The number of ether oxygens (including phenoxy) is 1. The highest BCUT2D eigenvalue weighted by Gasteiger charge is 2.40. The highest BCUT2D eigenvalue weighted by atomic mass is 127. The first kappa shape index (κ1) is 16.6. The molecule has 3 aliphatic rings. The van der Waals surface area contributed by atoms with E-state index in [2.05, 4.69) is 32.3 Å². The van der Waals surface area contributed by atoms with E-state index in [1.54, 1.807) is 0 Å². The fourth-order valence-corrected chi connectivity index (χ4v) is 4.51. The van der Waals surface area contributed by atoms with Crippen molar-refractivity contribution in [2.75, 3.05) is 57.4 Å². The number of guanidine groups is 1. The van der Waals surface area contributed by atoms with Crippen LogP contribution < -0.4 is 10.6 Å². The molecule has 2 saturated heterocycles. The molecule has 0 amide bonds. The molecule has 0 bridgehead atoms. The van der Waals surface area contributed by atoms with Crippen LogP contribution >= 0.6 is 35.7 Å². The normalized spacial score (nSPS) is 31.1. The minimum Gasteiger partial charge on any atom is -0.379 e. The van der Waals surface area contributed by atoms with E-state index >= 15 is 0 Å². The summed E-state index contributed by atoms with van der Waals surface area (Å²) in [5.74, 6) is 3.50. The largest absolute Gasteiger partial charge is 0.379 e. The lowest BCUT2D eigenvalue weighted by Gasteiger charge is -2.43. The summed E-state index contributed by atoms with van der Waals surface area (Å²) < 4.78 is 5.49. The molecule has 0 saturated carbocycles. The molecule has 0 aliphatic carbocycles. The van der Waals surface area contributed by atoms with Crippen molar-refractivity contribution >= 4 is 41.7 Å². The van der Waals surface area contributed by atoms with Gasteiger partial charge >= 0.3 is 0 Å². The summed E-state index contributed by atoms with van der Waals surface area (Å²) >= 11 is 2.08. The summed E-state index contributed by atoms with van der Waals surface area (Å²) in [5.41, 5.74) is 0.302. The molecule has 7 heteroatoms. The summed E-state index contributed by atoms with van der Waals surface area (Å²) in [7, 11) is 0. The van der Waals surface area contributed by atoms with Gasteiger partial charge in [0, 0.05) is 44.0 Å². The van der Waals surface area contributed by atoms with Crippen LogP contribution in [-0.2, 0) is 4.74 Å². The second-order valence-electron chi connectivity index (χ2n) is 5.49. The summed E-state index contributed by atoms with van der Waals surface area (Å²) in [5, 5.41) is 6.90. The van der Waals surface area contributed by atoms with Crippen molar-refractivity contribution in [1.82, 2.24) is 15.5 Å². The van der Waals surface area contributed by atoms with E-state index < -0.39 is 0 Å². The Labute approximate surface area is 142 Å². The Morgan fingerprint density at radius 3 is 2.90 bits per heavy atom. The summed E-state index contributed by atoms with van der Waals surface area (Å²) in [6, 6.07) is 0. The Bertz CT molecular complexity index is 330. The minimum atomic E-state index is 0. The van der Waals surface area contributed by atoms with Gasteiger partial charge in [0.2, 0.25) is 0 Å². The minimum absolute atomic E-state index is 0. The molecular weight excluding hydrogens is 387 g/mol. The van der Waals surface area contributed by atoms with Gasteiger partial charge < -0.3 is 15.4 Å². The van der Waals surface area contributed by atoms with Gasteiger partial charge in [-0.3, -0.25) is 9.89 Å². The van der Waals surface area contributed by atoms with Crippen LogP contribution in [0.3, 0.4) is 0 Å². The maximum Gasteiger partial charge on any atom is 0.191 e. The molecule has 3 rings (SSSR count). The summed E-state index contributed by atoms with van der Waals surface area (Å²) in [6.45, 7) is 6.91. The van der Waals surface area contributed by atoms with Gasteiger partial charge in [-0.15, -0.1) is 24.0 Å². The first-order valence-corrected chi connectivity index (χ1v) is 8.47. The fraction of sp³-hybridized carbons (Fsp3) is 0.923. The highest BCUT2D eigenvalue weighted by Crippen LogP contribution is 2.33. The molecule has 3 heterocycles. The van der Waals surface area contributed by atoms with E-state index in [0.29, 0.717) is 5.54 Å². The van der Waals surface area contributed by atoms with Gasteiger partial charge in [0.15, 0.2) is 5.96 Å². The van der Waals surface area contributed by atoms with Gasteiger partial charge in [0.25, 0.3) is 0 Å². The predicted molar refractivity (Wildman–Crippen MR) is 95.4 cm³/mol. The zero-order valence-corrected chi connectivity index (χ0v) is 15.0. The Balaban J connectivity index is 0.00000147. The topological polar surface area (TPSA) is 48.9 Å². The standard InChI is InChI=1S/C13H24N4OS.HI/c1-3-14-12(15-4-1)16-10-13(2-9-19-11-13)17-5-7-18-8-6-17;/h1-11H2,(H2,14,15,16);1H. The number of rotatable bonds is 3. The molecule has 5 nitrogen and oxygen atoms in total. The fourth-order valence-electron chi connectivity index (χ4n) is 3.03. The van der Waals surface area contributed by atoms with Gasteiger partial charge in [-0.25, -0.2) is 0 Å². The Kier molecular flexibility index (Phi) is 6.70. The predicted octanol–water partition coefficient (Wildman–Crippen LogP) is 0.751. The Morgan fingerprint density at radius 1 is 1.40 bits per heavy atom. The first-order chi connectivity index (χ1) is 9.39. The molecule has 116 valence electrons.